The first-order valence-corrected chi connectivity index (χ1v) is 9.37. The molecule has 24 heavy (non-hydrogen) atoms. The van der Waals surface area contributed by atoms with Gasteiger partial charge in [-0.3, -0.25) is 4.79 Å². The van der Waals surface area contributed by atoms with E-state index in [-0.39, 0.29) is 28.9 Å². The summed E-state index contributed by atoms with van der Waals surface area (Å²) < 4.78 is 6.23. The van der Waals surface area contributed by atoms with Gasteiger partial charge in [-0.25, -0.2) is 0 Å². The molecule has 0 aromatic heterocycles. The van der Waals surface area contributed by atoms with Crippen LogP contribution in [0.25, 0.3) is 0 Å². The maximum Gasteiger partial charge on any atom is 0.217 e. The van der Waals surface area contributed by atoms with Crippen molar-refractivity contribution in [2.75, 3.05) is 6.61 Å². The van der Waals surface area contributed by atoms with Crippen LogP contribution in [0.1, 0.15) is 51.7 Å². The number of ether oxygens (including phenoxy) is 1. The molecule has 2 aliphatic carbocycles. The van der Waals surface area contributed by atoms with Crippen molar-refractivity contribution in [1.29, 1.82) is 0 Å². The molecule has 1 aliphatic heterocycles. The molecule has 2 bridgehead atoms. The minimum atomic E-state index is 0.0461. The van der Waals surface area contributed by atoms with E-state index >= 15 is 0 Å². The molecule has 1 N–H and O–H groups in total. The third kappa shape index (κ3) is 2.17. The summed E-state index contributed by atoms with van der Waals surface area (Å²) in [6.07, 6.45) is 3.44. The average Bonchev–Trinajstić information content (AvgIpc) is 3.01. The monoisotopic (exact) mass is 347 g/mol. The average molecular weight is 348 g/mol. The minimum Gasteiger partial charge on any atom is -0.373 e. The van der Waals surface area contributed by atoms with Crippen molar-refractivity contribution in [1.82, 2.24) is 5.32 Å². The van der Waals surface area contributed by atoms with Gasteiger partial charge in [0.15, 0.2) is 0 Å². The molecule has 3 aliphatic rings. The maximum atomic E-state index is 11.9. The van der Waals surface area contributed by atoms with Crippen LogP contribution in [0.5, 0.6) is 0 Å². The number of fused-ring (bicyclic) bond motifs is 1. The van der Waals surface area contributed by atoms with Crippen LogP contribution in [-0.2, 0) is 9.53 Å². The van der Waals surface area contributed by atoms with E-state index in [0.29, 0.717) is 11.8 Å². The van der Waals surface area contributed by atoms with Crippen molar-refractivity contribution in [2.24, 2.45) is 22.7 Å². The van der Waals surface area contributed by atoms with Crippen molar-refractivity contribution >= 4 is 17.5 Å². The summed E-state index contributed by atoms with van der Waals surface area (Å²) in [7, 11) is 0. The third-order valence-electron chi connectivity index (χ3n) is 7.06. The fourth-order valence-electron chi connectivity index (χ4n) is 6.00. The molecule has 4 heteroatoms. The Bertz CT molecular complexity index is 673. The number of carbonyl (C=O) groups is 1. The molecule has 4 rings (SSSR count). The summed E-state index contributed by atoms with van der Waals surface area (Å²) in [6.45, 7) is 7.02. The van der Waals surface area contributed by atoms with E-state index in [1.165, 1.54) is 12.8 Å². The quantitative estimate of drug-likeness (QED) is 0.863. The molecule has 1 heterocycles. The molecule has 1 aromatic rings. The van der Waals surface area contributed by atoms with Gasteiger partial charge in [0.25, 0.3) is 0 Å². The van der Waals surface area contributed by atoms with Crippen LogP contribution >= 0.6 is 11.6 Å². The Hall–Kier alpha value is -1.06. The van der Waals surface area contributed by atoms with Crippen LogP contribution in [-0.4, -0.2) is 18.6 Å². The molecule has 1 unspecified atom stereocenters. The lowest BCUT2D eigenvalue weighted by Gasteiger charge is -2.53. The Morgan fingerprint density at radius 1 is 1.33 bits per heavy atom. The summed E-state index contributed by atoms with van der Waals surface area (Å²) in [4.78, 5) is 11.9. The van der Waals surface area contributed by atoms with E-state index in [1.54, 1.807) is 6.92 Å². The second-order valence-electron chi connectivity index (χ2n) is 8.49. The smallest absolute Gasteiger partial charge is 0.217 e. The van der Waals surface area contributed by atoms with E-state index in [0.717, 1.165) is 23.6 Å². The molecule has 1 saturated heterocycles. The lowest BCUT2D eigenvalue weighted by molar-refractivity contribution is -0.135. The van der Waals surface area contributed by atoms with Crippen molar-refractivity contribution in [2.45, 2.75) is 52.2 Å². The highest BCUT2D eigenvalue weighted by molar-refractivity contribution is 6.31. The van der Waals surface area contributed by atoms with Gasteiger partial charge in [-0.15, -0.1) is 0 Å². The standard InChI is InChI=1S/C20H26ClNO2/c1-12(23)22-18-19(2,3)13-10-15-17(14-6-4-5-7-16(14)21)24-9-8-20(15,18)11-13/h4-7,13,15,17-18H,8-11H2,1-3H3,(H,22,23)/t13-,15-,17-,18+,20?/m1/s1. The SMILES string of the molecule is CC(=O)N[C@H]1C(C)(C)[C@@H]2C[C@@H]3[C@@H](c4ccccc4Cl)OCCC31C2. The number of amides is 1. The van der Waals surface area contributed by atoms with Gasteiger partial charge >= 0.3 is 0 Å². The van der Waals surface area contributed by atoms with Gasteiger partial charge in [0, 0.05) is 24.6 Å². The summed E-state index contributed by atoms with van der Waals surface area (Å²) >= 11 is 6.47. The van der Waals surface area contributed by atoms with Gasteiger partial charge in [-0.2, -0.15) is 0 Å². The topological polar surface area (TPSA) is 38.3 Å². The lowest BCUT2D eigenvalue weighted by Crippen LogP contribution is -2.58. The van der Waals surface area contributed by atoms with Crippen molar-refractivity contribution in [3.05, 3.63) is 34.9 Å². The predicted molar refractivity (Wildman–Crippen MR) is 94.8 cm³/mol. The van der Waals surface area contributed by atoms with Crippen LogP contribution in [0.2, 0.25) is 5.02 Å². The van der Waals surface area contributed by atoms with Crippen LogP contribution < -0.4 is 5.32 Å². The van der Waals surface area contributed by atoms with Gasteiger partial charge in [0.05, 0.1) is 6.10 Å². The molecular formula is C20H26ClNO2. The minimum absolute atomic E-state index is 0.0461. The van der Waals surface area contributed by atoms with Gasteiger partial charge in [0.2, 0.25) is 5.91 Å². The number of rotatable bonds is 2. The fourth-order valence-corrected chi connectivity index (χ4v) is 6.25. The van der Waals surface area contributed by atoms with E-state index < -0.39 is 0 Å². The number of carbonyl (C=O) groups excluding carboxylic acids is 1. The van der Waals surface area contributed by atoms with E-state index in [4.69, 9.17) is 16.3 Å². The molecule has 5 atom stereocenters. The summed E-state index contributed by atoms with van der Waals surface area (Å²) in [6, 6.07) is 8.27. The Morgan fingerprint density at radius 3 is 2.79 bits per heavy atom. The zero-order chi connectivity index (χ0) is 17.1. The number of nitrogens with one attached hydrogen (secondary N) is 1. The normalized spacial score (nSPS) is 39.5. The largest absolute Gasteiger partial charge is 0.373 e. The van der Waals surface area contributed by atoms with Crippen LogP contribution in [0.4, 0.5) is 0 Å². The maximum absolute atomic E-state index is 11.9. The molecular weight excluding hydrogens is 322 g/mol. The Morgan fingerprint density at radius 2 is 2.08 bits per heavy atom. The molecule has 130 valence electrons. The zero-order valence-electron chi connectivity index (χ0n) is 14.6. The Labute approximate surface area is 149 Å². The van der Waals surface area contributed by atoms with E-state index in [9.17, 15) is 4.79 Å². The number of halogens is 1. The fraction of sp³-hybridized carbons (Fsp3) is 0.650. The Kier molecular flexibility index (Phi) is 3.74. The molecule has 1 spiro atoms. The van der Waals surface area contributed by atoms with Crippen molar-refractivity contribution in [3.63, 3.8) is 0 Å². The highest BCUT2D eigenvalue weighted by atomic mass is 35.5. The first kappa shape index (κ1) is 16.4. The van der Waals surface area contributed by atoms with Gasteiger partial charge < -0.3 is 10.1 Å². The Balaban J connectivity index is 1.74. The molecule has 3 fully saturated rings. The summed E-state index contributed by atoms with van der Waals surface area (Å²) in [5.74, 6) is 1.14. The zero-order valence-corrected chi connectivity index (χ0v) is 15.4. The molecule has 1 aromatic carbocycles. The first-order valence-electron chi connectivity index (χ1n) is 8.99. The second-order valence-corrected chi connectivity index (χ2v) is 8.90. The van der Waals surface area contributed by atoms with Crippen molar-refractivity contribution in [3.8, 4) is 0 Å². The third-order valence-corrected chi connectivity index (χ3v) is 7.41. The number of benzene rings is 1. The van der Waals surface area contributed by atoms with Gasteiger partial charge in [0.1, 0.15) is 0 Å². The van der Waals surface area contributed by atoms with E-state index in [1.807, 2.05) is 18.2 Å². The van der Waals surface area contributed by atoms with E-state index in [2.05, 4.69) is 25.2 Å². The van der Waals surface area contributed by atoms with Crippen LogP contribution in [0.15, 0.2) is 24.3 Å². The second kappa shape index (κ2) is 5.47. The highest BCUT2D eigenvalue weighted by Gasteiger charge is 2.68. The van der Waals surface area contributed by atoms with Gasteiger partial charge in [-0.1, -0.05) is 43.6 Å². The highest BCUT2D eigenvalue weighted by Crippen LogP contribution is 2.70. The molecule has 0 radical (unpaired) electrons. The predicted octanol–water partition coefficient (Wildman–Crippen LogP) is 4.36. The first-order chi connectivity index (χ1) is 11.4. The summed E-state index contributed by atoms with van der Waals surface area (Å²) in [5.41, 5.74) is 1.39. The molecule has 2 saturated carbocycles. The lowest BCUT2D eigenvalue weighted by atomic mass is 9.59. The summed E-state index contributed by atoms with van der Waals surface area (Å²) in [5, 5.41) is 4.10. The van der Waals surface area contributed by atoms with Gasteiger partial charge in [-0.05, 0) is 53.6 Å². The number of hydrogen-bond acceptors (Lipinski definition) is 2. The number of hydrogen-bond donors (Lipinski definition) is 1. The molecule has 1 amide bonds. The van der Waals surface area contributed by atoms with Crippen molar-refractivity contribution < 1.29 is 9.53 Å². The van der Waals surface area contributed by atoms with Crippen LogP contribution in [0, 0.1) is 22.7 Å². The van der Waals surface area contributed by atoms with Crippen LogP contribution in [0.3, 0.4) is 0 Å². The molecule has 3 nitrogen and oxygen atoms in total.